The van der Waals surface area contributed by atoms with Crippen LogP contribution in [0.15, 0.2) is 24.3 Å². The highest BCUT2D eigenvalue weighted by molar-refractivity contribution is 7.14. The second-order valence-corrected chi connectivity index (χ2v) is 7.73. The Morgan fingerprint density at radius 2 is 1.96 bits per heavy atom. The first-order chi connectivity index (χ1) is 12.9. The highest BCUT2D eigenvalue weighted by Gasteiger charge is 2.28. The van der Waals surface area contributed by atoms with E-state index in [9.17, 15) is 18.4 Å². The van der Waals surface area contributed by atoms with Crippen molar-refractivity contribution in [3.8, 4) is 0 Å². The maximum Gasteiger partial charge on any atom is 0.263 e. The highest BCUT2D eigenvalue weighted by atomic mass is 32.1. The van der Waals surface area contributed by atoms with Crippen molar-refractivity contribution in [2.24, 2.45) is 5.92 Å². The minimum Gasteiger partial charge on any atom is -0.339 e. The minimum absolute atomic E-state index is 0.0186. The fraction of sp³-hybridized carbons (Fsp3) is 0.400. The number of nitrogens with zero attached hydrogens (tertiary/aromatic N) is 1. The van der Waals surface area contributed by atoms with Gasteiger partial charge < -0.3 is 10.2 Å². The van der Waals surface area contributed by atoms with E-state index >= 15 is 0 Å². The molecule has 1 aromatic heterocycles. The molecule has 2 amide bonds. The van der Waals surface area contributed by atoms with Crippen molar-refractivity contribution in [2.45, 2.75) is 33.1 Å². The highest BCUT2D eigenvalue weighted by Crippen LogP contribution is 2.33. The molecule has 1 aromatic carbocycles. The lowest BCUT2D eigenvalue weighted by atomic mass is 9.87. The van der Waals surface area contributed by atoms with Gasteiger partial charge in [-0.2, -0.15) is 0 Å². The van der Waals surface area contributed by atoms with E-state index in [1.165, 1.54) is 17.4 Å². The van der Waals surface area contributed by atoms with E-state index in [0.29, 0.717) is 30.8 Å². The molecular weight excluding hydrogens is 370 g/mol. The molecule has 1 N–H and O–H groups in total. The van der Waals surface area contributed by atoms with E-state index in [1.54, 1.807) is 4.90 Å². The number of thiophene rings is 1. The summed E-state index contributed by atoms with van der Waals surface area (Å²) < 4.78 is 26.8. The summed E-state index contributed by atoms with van der Waals surface area (Å²) in [5.74, 6) is -2.03. The van der Waals surface area contributed by atoms with E-state index in [1.807, 2.05) is 19.9 Å². The molecule has 1 heterocycles. The van der Waals surface area contributed by atoms with Gasteiger partial charge in [-0.1, -0.05) is 0 Å². The number of halogens is 2. The number of nitrogens with one attached hydrogen (secondary N) is 1. The number of rotatable bonds is 5. The van der Waals surface area contributed by atoms with Crippen LogP contribution in [0.5, 0.6) is 0 Å². The van der Waals surface area contributed by atoms with Crippen LogP contribution in [0.4, 0.5) is 14.5 Å². The van der Waals surface area contributed by atoms with Gasteiger partial charge in [-0.05, 0) is 56.9 Å². The zero-order valence-electron chi connectivity index (χ0n) is 15.4. The largest absolute Gasteiger partial charge is 0.339 e. The van der Waals surface area contributed by atoms with Crippen LogP contribution in [0.1, 0.15) is 40.4 Å². The van der Waals surface area contributed by atoms with E-state index < -0.39 is 11.6 Å². The van der Waals surface area contributed by atoms with Gasteiger partial charge in [0.15, 0.2) is 0 Å². The van der Waals surface area contributed by atoms with Crippen molar-refractivity contribution >= 4 is 28.8 Å². The van der Waals surface area contributed by atoms with Crippen LogP contribution in [-0.2, 0) is 17.6 Å². The molecule has 4 nitrogen and oxygen atoms in total. The third-order valence-electron chi connectivity index (χ3n) is 4.90. The number of fused-ring (bicyclic) bond motifs is 1. The topological polar surface area (TPSA) is 49.4 Å². The van der Waals surface area contributed by atoms with Gasteiger partial charge in [0.05, 0.1) is 10.6 Å². The normalized spacial score (nSPS) is 15.9. The van der Waals surface area contributed by atoms with Gasteiger partial charge in [-0.3, -0.25) is 9.59 Å². The smallest absolute Gasteiger partial charge is 0.263 e. The van der Waals surface area contributed by atoms with Crippen molar-refractivity contribution in [3.05, 3.63) is 51.2 Å². The number of benzene rings is 1. The number of anilines is 1. The molecule has 2 aromatic rings. The van der Waals surface area contributed by atoms with Crippen molar-refractivity contribution in [3.63, 3.8) is 0 Å². The molecule has 0 bridgehead atoms. The summed E-state index contributed by atoms with van der Waals surface area (Å²) in [7, 11) is 0. The van der Waals surface area contributed by atoms with Crippen LogP contribution in [0, 0.1) is 17.6 Å². The lowest BCUT2D eigenvalue weighted by Crippen LogP contribution is -2.29. The fourth-order valence-corrected chi connectivity index (χ4v) is 4.52. The Morgan fingerprint density at radius 3 is 2.63 bits per heavy atom. The predicted molar refractivity (Wildman–Crippen MR) is 102 cm³/mol. The second-order valence-electron chi connectivity index (χ2n) is 6.59. The molecule has 1 atom stereocenters. The number of carbonyl (C=O) groups excluding carboxylic acids is 2. The van der Waals surface area contributed by atoms with E-state index in [0.717, 1.165) is 29.0 Å². The Hall–Kier alpha value is -2.28. The quantitative estimate of drug-likeness (QED) is 0.827. The molecule has 7 heteroatoms. The standard InChI is InChI=1S/C20H22F2N2O2S/c1-3-24(4-2)20(26)18-10-13-9-12(5-8-17(13)27-18)19(25)23-16-7-6-14(21)11-15(16)22/h6-7,10-12H,3-5,8-9H2,1-2H3,(H,23,25). The van der Waals surface area contributed by atoms with Gasteiger partial charge in [-0.15, -0.1) is 11.3 Å². The first kappa shape index (κ1) is 19.5. The summed E-state index contributed by atoms with van der Waals surface area (Å²) in [6.07, 6.45) is 1.88. The first-order valence-electron chi connectivity index (χ1n) is 9.09. The van der Waals surface area contributed by atoms with Crippen LogP contribution >= 0.6 is 11.3 Å². The maximum atomic E-state index is 13.8. The second kappa shape index (κ2) is 8.17. The van der Waals surface area contributed by atoms with E-state index in [4.69, 9.17) is 0 Å². The van der Waals surface area contributed by atoms with Crippen molar-refractivity contribution in [2.75, 3.05) is 18.4 Å². The zero-order chi connectivity index (χ0) is 19.6. The van der Waals surface area contributed by atoms with Gasteiger partial charge in [0.25, 0.3) is 5.91 Å². The van der Waals surface area contributed by atoms with Crippen molar-refractivity contribution < 1.29 is 18.4 Å². The average molecular weight is 392 g/mol. The first-order valence-corrected chi connectivity index (χ1v) is 9.91. The Kier molecular flexibility index (Phi) is 5.89. The molecule has 144 valence electrons. The Labute approximate surface area is 161 Å². The molecule has 27 heavy (non-hydrogen) atoms. The lowest BCUT2D eigenvalue weighted by molar-refractivity contribution is -0.120. The van der Waals surface area contributed by atoms with E-state index in [2.05, 4.69) is 5.32 Å². The Balaban J connectivity index is 1.70. The summed E-state index contributed by atoms with van der Waals surface area (Å²) in [6.45, 7) is 5.21. The molecule has 1 aliphatic carbocycles. The monoisotopic (exact) mass is 392 g/mol. The molecule has 0 aliphatic heterocycles. The summed E-state index contributed by atoms with van der Waals surface area (Å²) >= 11 is 1.50. The molecular formula is C20H22F2N2O2S. The molecule has 0 spiro atoms. The number of carbonyl (C=O) groups is 2. The Morgan fingerprint density at radius 1 is 1.22 bits per heavy atom. The Bertz CT molecular complexity index is 862. The fourth-order valence-electron chi connectivity index (χ4n) is 3.35. The van der Waals surface area contributed by atoms with Crippen LogP contribution in [0.25, 0.3) is 0 Å². The van der Waals surface area contributed by atoms with Crippen LogP contribution in [0.2, 0.25) is 0 Å². The van der Waals surface area contributed by atoms with Crippen molar-refractivity contribution in [1.82, 2.24) is 4.90 Å². The molecule has 0 radical (unpaired) electrons. The molecule has 1 unspecified atom stereocenters. The molecule has 1 aliphatic rings. The number of hydrogen-bond acceptors (Lipinski definition) is 3. The summed E-state index contributed by atoms with van der Waals surface area (Å²) in [6, 6.07) is 4.97. The molecule has 0 saturated carbocycles. The van der Waals surface area contributed by atoms with Crippen molar-refractivity contribution in [1.29, 1.82) is 0 Å². The zero-order valence-corrected chi connectivity index (χ0v) is 16.2. The third kappa shape index (κ3) is 4.18. The van der Waals surface area contributed by atoms with Gasteiger partial charge in [0, 0.05) is 30.0 Å². The molecule has 0 fully saturated rings. The van der Waals surface area contributed by atoms with E-state index in [-0.39, 0.29) is 23.4 Å². The van der Waals surface area contributed by atoms with Gasteiger partial charge in [0.2, 0.25) is 5.91 Å². The van der Waals surface area contributed by atoms with Crippen LogP contribution in [-0.4, -0.2) is 29.8 Å². The van der Waals surface area contributed by atoms with Gasteiger partial charge in [-0.25, -0.2) is 8.78 Å². The average Bonchev–Trinajstić information content (AvgIpc) is 3.08. The summed E-state index contributed by atoms with van der Waals surface area (Å²) in [5.41, 5.74) is 0.997. The molecule has 0 saturated heterocycles. The lowest BCUT2D eigenvalue weighted by Gasteiger charge is -2.21. The summed E-state index contributed by atoms with van der Waals surface area (Å²) in [5, 5.41) is 2.55. The van der Waals surface area contributed by atoms with Crippen LogP contribution in [0.3, 0.4) is 0 Å². The predicted octanol–water partition coefficient (Wildman–Crippen LogP) is 4.25. The minimum atomic E-state index is -0.789. The van der Waals surface area contributed by atoms with Crippen LogP contribution < -0.4 is 5.32 Å². The number of amides is 2. The summed E-state index contributed by atoms with van der Waals surface area (Å²) in [4.78, 5) is 28.7. The number of aryl methyl sites for hydroxylation is 1. The molecule has 3 rings (SSSR count). The SMILES string of the molecule is CCN(CC)C(=O)c1cc2c(s1)CCC(C(=O)Nc1ccc(F)cc1F)C2. The van der Waals surface area contributed by atoms with Gasteiger partial charge >= 0.3 is 0 Å². The van der Waals surface area contributed by atoms with Gasteiger partial charge in [0.1, 0.15) is 11.6 Å². The third-order valence-corrected chi connectivity index (χ3v) is 6.13. The number of hydrogen-bond donors (Lipinski definition) is 1. The maximum absolute atomic E-state index is 13.8.